The van der Waals surface area contributed by atoms with Gasteiger partial charge in [0, 0.05) is 31.0 Å². The number of rotatable bonds is 5. The summed E-state index contributed by atoms with van der Waals surface area (Å²) in [5.41, 5.74) is 0.704. The normalized spacial score (nSPS) is 59.0. The third-order valence-electron chi connectivity index (χ3n) is 13.4. The van der Waals surface area contributed by atoms with Gasteiger partial charge in [0.25, 0.3) is 0 Å². The predicted octanol–water partition coefficient (Wildman–Crippen LogP) is 5.97. The summed E-state index contributed by atoms with van der Waals surface area (Å²) in [4.78, 5) is 17.2. The standard InChI is InChI=1S/C30H47NO3/c1-19(2)21-9-13-27(4)20-8-15-29-12-6-7-22(29)30(27,25(21)31(29)17-20)16-10-23(32)26(3)18-33-28(5)14-11-24(26)34-28/h19-22,24-25H,6-18H2,1-5H3/t20-,21?,22-,24?,25+,26+,27?,28-,29-,30?/m0/s1. The van der Waals surface area contributed by atoms with Gasteiger partial charge in [0.15, 0.2) is 5.79 Å². The quantitative estimate of drug-likeness (QED) is 0.497. The molecule has 5 saturated heterocycles. The molecule has 5 heterocycles. The molecule has 0 aromatic rings. The van der Waals surface area contributed by atoms with E-state index in [1.165, 1.54) is 51.5 Å². The summed E-state index contributed by atoms with van der Waals surface area (Å²) in [6, 6.07) is 0.697. The number of hydrogen-bond donors (Lipinski definition) is 0. The predicted molar refractivity (Wildman–Crippen MR) is 132 cm³/mol. The first kappa shape index (κ1) is 22.7. The third kappa shape index (κ3) is 2.45. The van der Waals surface area contributed by atoms with Crippen molar-refractivity contribution in [1.29, 1.82) is 0 Å². The lowest BCUT2D eigenvalue weighted by Gasteiger charge is -2.67. The van der Waals surface area contributed by atoms with E-state index in [0.717, 1.165) is 49.4 Å². The van der Waals surface area contributed by atoms with E-state index >= 15 is 0 Å². The topological polar surface area (TPSA) is 38.8 Å². The fourth-order valence-electron chi connectivity index (χ4n) is 11.6. The molecule has 0 N–H and O–H groups in total. The summed E-state index contributed by atoms with van der Waals surface area (Å²) in [5, 5.41) is 0. The Morgan fingerprint density at radius 2 is 1.85 bits per heavy atom. The highest BCUT2D eigenvalue weighted by Gasteiger charge is 2.79. The zero-order valence-electron chi connectivity index (χ0n) is 22.3. The molecule has 1 spiro atoms. The maximum atomic E-state index is 14.1. The van der Waals surface area contributed by atoms with E-state index in [-0.39, 0.29) is 6.10 Å². The van der Waals surface area contributed by atoms with E-state index in [9.17, 15) is 4.79 Å². The summed E-state index contributed by atoms with van der Waals surface area (Å²) in [6.07, 6.45) is 13.6. The van der Waals surface area contributed by atoms with Crippen molar-refractivity contribution >= 4 is 5.78 Å². The van der Waals surface area contributed by atoms with Gasteiger partial charge >= 0.3 is 0 Å². The molecule has 0 aromatic heterocycles. The second kappa shape index (κ2) is 6.90. The molecule has 2 aliphatic carbocycles. The van der Waals surface area contributed by atoms with Gasteiger partial charge in [-0.2, -0.15) is 0 Å². The molecule has 7 rings (SSSR count). The van der Waals surface area contributed by atoms with Gasteiger partial charge in [0.1, 0.15) is 5.78 Å². The molecule has 7 fully saturated rings. The van der Waals surface area contributed by atoms with Crippen molar-refractivity contribution < 1.29 is 14.3 Å². The molecule has 7 bridgehead atoms. The van der Waals surface area contributed by atoms with Crippen LogP contribution in [0.4, 0.5) is 0 Å². The van der Waals surface area contributed by atoms with Gasteiger partial charge in [0.2, 0.25) is 0 Å². The van der Waals surface area contributed by atoms with Crippen molar-refractivity contribution in [2.75, 3.05) is 13.2 Å². The summed E-state index contributed by atoms with van der Waals surface area (Å²) < 4.78 is 12.4. The minimum absolute atomic E-state index is 0.0372. The first-order chi connectivity index (χ1) is 16.1. The fraction of sp³-hybridized carbons (Fsp3) is 0.967. The maximum Gasteiger partial charge on any atom is 0.166 e. The lowest BCUT2D eigenvalue weighted by atomic mass is 9.42. The van der Waals surface area contributed by atoms with Crippen LogP contribution in [0.1, 0.15) is 105 Å². The van der Waals surface area contributed by atoms with Gasteiger partial charge in [-0.3, -0.25) is 9.69 Å². The molecular formula is C30H47NO3. The number of fused-ring (bicyclic) bond motifs is 4. The van der Waals surface area contributed by atoms with E-state index < -0.39 is 11.2 Å². The molecule has 0 amide bonds. The lowest BCUT2D eigenvalue weighted by Crippen LogP contribution is -2.68. The maximum absolute atomic E-state index is 14.1. The summed E-state index contributed by atoms with van der Waals surface area (Å²) in [6.45, 7) is 13.7. The average molecular weight is 470 g/mol. The number of carbonyl (C=O) groups is 1. The molecule has 11 atom stereocenters. The Hall–Kier alpha value is -0.450. The van der Waals surface area contributed by atoms with Gasteiger partial charge in [-0.25, -0.2) is 0 Å². The Morgan fingerprint density at radius 1 is 1.03 bits per heavy atom. The highest BCUT2D eigenvalue weighted by molar-refractivity contribution is 5.85. The second-order valence-electron chi connectivity index (χ2n) is 14.7. The fourth-order valence-corrected chi connectivity index (χ4v) is 11.6. The SMILES string of the molecule is CC(C)C1CCC2(C)[C@H]3CC[C@@]45CCC[C@@H]4C2(CCC(=O)[C@@]2(C)CO[C@]4(C)CCC2O4)[C@@H]1N5C3. The summed E-state index contributed by atoms with van der Waals surface area (Å²) in [5.74, 6) is 3.11. The Kier molecular flexibility index (Phi) is 4.61. The molecular weight excluding hydrogens is 422 g/mol. The van der Waals surface area contributed by atoms with Crippen LogP contribution in [0.15, 0.2) is 0 Å². The van der Waals surface area contributed by atoms with Crippen LogP contribution >= 0.6 is 0 Å². The third-order valence-corrected chi connectivity index (χ3v) is 13.4. The number of carbonyl (C=O) groups excluding carboxylic acids is 1. The molecule has 2 saturated carbocycles. The Labute approximate surface area is 206 Å². The van der Waals surface area contributed by atoms with Crippen LogP contribution < -0.4 is 0 Å². The number of ketones is 1. The van der Waals surface area contributed by atoms with E-state index in [1.54, 1.807) is 0 Å². The molecule has 0 aromatic carbocycles. The van der Waals surface area contributed by atoms with Crippen molar-refractivity contribution in [1.82, 2.24) is 4.90 Å². The molecule has 190 valence electrons. The largest absolute Gasteiger partial charge is 0.349 e. The number of Topliss-reactive ketones (excluding diaryl/α,β-unsaturated/α-hetero) is 1. The van der Waals surface area contributed by atoms with Gasteiger partial charge in [-0.15, -0.1) is 0 Å². The monoisotopic (exact) mass is 469 g/mol. The van der Waals surface area contributed by atoms with Crippen LogP contribution in [0.5, 0.6) is 0 Å². The number of piperidine rings is 2. The molecule has 4 heteroatoms. The van der Waals surface area contributed by atoms with Gasteiger partial charge in [-0.05, 0) is 99.7 Å². The van der Waals surface area contributed by atoms with Crippen LogP contribution in [0, 0.1) is 39.9 Å². The van der Waals surface area contributed by atoms with Crippen LogP contribution in [-0.2, 0) is 14.3 Å². The van der Waals surface area contributed by atoms with E-state index in [1.807, 2.05) is 0 Å². The second-order valence-corrected chi connectivity index (χ2v) is 14.7. The molecule has 5 aliphatic heterocycles. The first-order valence-corrected chi connectivity index (χ1v) is 14.7. The minimum atomic E-state index is -0.473. The van der Waals surface area contributed by atoms with Crippen molar-refractivity contribution in [3.05, 3.63) is 0 Å². The molecule has 4 nitrogen and oxygen atoms in total. The Bertz CT molecular complexity index is 903. The van der Waals surface area contributed by atoms with Crippen molar-refractivity contribution in [2.24, 2.45) is 39.9 Å². The van der Waals surface area contributed by atoms with Crippen molar-refractivity contribution in [2.45, 2.75) is 129 Å². The molecule has 34 heavy (non-hydrogen) atoms. The van der Waals surface area contributed by atoms with Crippen LogP contribution in [-0.4, -0.2) is 47.3 Å². The van der Waals surface area contributed by atoms with Gasteiger partial charge in [0.05, 0.1) is 18.1 Å². The Balaban J connectivity index is 1.26. The van der Waals surface area contributed by atoms with Crippen molar-refractivity contribution in [3.8, 4) is 0 Å². The lowest BCUT2D eigenvalue weighted by molar-refractivity contribution is -0.282. The highest BCUT2D eigenvalue weighted by atomic mass is 16.7. The summed E-state index contributed by atoms with van der Waals surface area (Å²) >= 11 is 0. The van der Waals surface area contributed by atoms with Crippen molar-refractivity contribution in [3.63, 3.8) is 0 Å². The Morgan fingerprint density at radius 3 is 2.65 bits per heavy atom. The van der Waals surface area contributed by atoms with Gasteiger partial charge < -0.3 is 9.47 Å². The van der Waals surface area contributed by atoms with E-state index in [4.69, 9.17) is 9.47 Å². The minimum Gasteiger partial charge on any atom is -0.349 e. The van der Waals surface area contributed by atoms with E-state index in [2.05, 4.69) is 39.5 Å². The smallest absolute Gasteiger partial charge is 0.166 e. The number of ether oxygens (including phenoxy) is 2. The molecule has 7 aliphatic rings. The zero-order valence-corrected chi connectivity index (χ0v) is 22.3. The summed E-state index contributed by atoms with van der Waals surface area (Å²) in [7, 11) is 0. The van der Waals surface area contributed by atoms with Crippen LogP contribution in [0.3, 0.4) is 0 Å². The molecule has 5 unspecified atom stereocenters. The average Bonchev–Trinajstić information content (AvgIpc) is 3.41. The van der Waals surface area contributed by atoms with Crippen LogP contribution in [0.2, 0.25) is 0 Å². The van der Waals surface area contributed by atoms with Crippen LogP contribution in [0.25, 0.3) is 0 Å². The highest BCUT2D eigenvalue weighted by Crippen LogP contribution is 2.79. The van der Waals surface area contributed by atoms with Gasteiger partial charge in [-0.1, -0.05) is 27.2 Å². The number of nitrogens with zero attached hydrogens (tertiary/aromatic N) is 1. The zero-order chi connectivity index (χ0) is 23.7. The first-order valence-electron chi connectivity index (χ1n) is 14.7. The van der Waals surface area contributed by atoms with E-state index in [0.29, 0.717) is 34.8 Å². The molecule has 0 radical (unpaired) electrons. The number of hydrogen-bond acceptors (Lipinski definition) is 4.